The Balaban J connectivity index is 2.22. The molecule has 5 heteroatoms. The highest BCUT2D eigenvalue weighted by atomic mass is 16.3. The first-order valence-electron chi connectivity index (χ1n) is 7.47. The molecule has 0 bridgehead atoms. The van der Waals surface area contributed by atoms with Gasteiger partial charge in [-0.3, -0.25) is 9.48 Å². The lowest BCUT2D eigenvalue weighted by Crippen LogP contribution is -2.50. The van der Waals surface area contributed by atoms with E-state index in [1.807, 2.05) is 11.8 Å². The molecule has 1 aliphatic heterocycles. The summed E-state index contributed by atoms with van der Waals surface area (Å²) in [6, 6.07) is 0. The first-order chi connectivity index (χ1) is 9.52. The molecule has 1 N–H and O–H groups in total. The van der Waals surface area contributed by atoms with Crippen molar-refractivity contribution in [2.75, 3.05) is 13.2 Å². The Bertz CT molecular complexity index is 469. The number of aliphatic hydroxyl groups excluding tert-OH is 1. The third kappa shape index (κ3) is 2.73. The molecule has 0 spiro atoms. The Labute approximate surface area is 120 Å². The average Bonchev–Trinajstić information content (AvgIpc) is 3.04. The largest absolute Gasteiger partial charge is 0.394 e. The second-order valence-electron chi connectivity index (χ2n) is 6.13. The number of hydrogen-bond donors (Lipinski definition) is 1. The van der Waals surface area contributed by atoms with Gasteiger partial charge in [-0.05, 0) is 32.1 Å². The van der Waals surface area contributed by atoms with Gasteiger partial charge in [0.25, 0.3) is 5.91 Å². The third-order valence-corrected chi connectivity index (χ3v) is 4.13. The van der Waals surface area contributed by atoms with Crippen molar-refractivity contribution in [3.05, 3.63) is 18.0 Å². The fraction of sp³-hybridized carbons (Fsp3) is 0.733. The van der Waals surface area contributed by atoms with Crippen LogP contribution in [0.3, 0.4) is 0 Å². The van der Waals surface area contributed by atoms with Gasteiger partial charge in [0.1, 0.15) is 0 Å². The number of aryl methyl sites for hydroxylation is 1. The molecule has 1 fully saturated rings. The summed E-state index contributed by atoms with van der Waals surface area (Å²) in [4.78, 5) is 14.6. The molecule has 1 aliphatic rings. The van der Waals surface area contributed by atoms with Crippen LogP contribution in [0, 0.1) is 5.92 Å². The van der Waals surface area contributed by atoms with Crippen LogP contribution in [0.1, 0.15) is 50.4 Å². The van der Waals surface area contributed by atoms with Gasteiger partial charge in [-0.25, -0.2) is 0 Å². The van der Waals surface area contributed by atoms with Gasteiger partial charge < -0.3 is 10.0 Å². The minimum Gasteiger partial charge on any atom is -0.394 e. The summed E-state index contributed by atoms with van der Waals surface area (Å²) in [6.07, 6.45) is 6.10. The van der Waals surface area contributed by atoms with Crippen LogP contribution in [0.4, 0.5) is 0 Å². The lowest BCUT2D eigenvalue weighted by Gasteiger charge is -2.38. The predicted molar refractivity (Wildman–Crippen MR) is 77.4 cm³/mol. The summed E-state index contributed by atoms with van der Waals surface area (Å²) in [5.41, 5.74) is 0.231. The normalized spacial score (nSPS) is 22.8. The standard InChI is InChI=1S/C15H25N3O2/c1-4-17-10-13(9-16-17)14(20)18-7-5-6-15(18,11-19)8-12(2)3/h9-10,12,19H,4-8,11H2,1-3H3. The van der Waals surface area contributed by atoms with Crippen LogP contribution >= 0.6 is 0 Å². The van der Waals surface area contributed by atoms with Crippen LogP contribution in [0.2, 0.25) is 0 Å². The Morgan fingerprint density at radius 1 is 1.55 bits per heavy atom. The zero-order valence-corrected chi connectivity index (χ0v) is 12.7. The maximum atomic E-state index is 12.7. The summed E-state index contributed by atoms with van der Waals surface area (Å²) in [6.45, 7) is 7.78. The van der Waals surface area contributed by atoms with E-state index in [4.69, 9.17) is 0 Å². The minimum atomic E-state index is -0.389. The van der Waals surface area contributed by atoms with Gasteiger partial charge >= 0.3 is 0 Å². The summed E-state index contributed by atoms with van der Waals surface area (Å²) in [7, 11) is 0. The van der Waals surface area contributed by atoms with Gasteiger partial charge in [0.2, 0.25) is 0 Å². The zero-order chi connectivity index (χ0) is 14.8. The molecule has 0 radical (unpaired) electrons. The van der Waals surface area contributed by atoms with E-state index in [1.165, 1.54) is 0 Å². The number of nitrogens with zero attached hydrogens (tertiary/aromatic N) is 3. The van der Waals surface area contributed by atoms with E-state index in [-0.39, 0.29) is 18.1 Å². The Morgan fingerprint density at radius 2 is 2.30 bits per heavy atom. The highest BCUT2D eigenvalue weighted by Gasteiger charge is 2.43. The molecule has 5 nitrogen and oxygen atoms in total. The predicted octanol–water partition coefficient (Wildman–Crippen LogP) is 1.92. The monoisotopic (exact) mass is 279 g/mol. The molecule has 1 atom stereocenters. The Morgan fingerprint density at radius 3 is 2.85 bits per heavy atom. The van der Waals surface area contributed by atoms with Gasteiger partial charge in [-0.15, -0.1) is 0 Å². The molecule has 1 unspecified atom stereocenters. The topological polar surface area (TPSA) is 58.4 Å². The van der Waals surface area contributed by atoms with Crippen molar-refractivity contribution in [3.63, 3.8) is 0 Å². The molecule has 1 saturated heterocycles. The highest BCUT2D eigenvalue weighted by molar-refractivity contribution is 5.94. The van der Waals surface area contributed by atoms with Crippen molar-refractivity contribution in [2.24, 2.45) is 5.92 Å². The summed E-state index contributed by atoms with van der Waals surface area (Å²) < 4.78 is 1.76. The molecule has 2 heterocycles. The van der Waals surface area contributed by atoms with Crippen LogP contribution < -0.4 is 0 Å². The Kier molecular flexibility index (Phi) is 4.48. The lowest BCUT2D eigenvalue weighted by molar-refractivity contribution is 0.0332. The van der Waals surface area contributed by atoms with E-state index in [2.05, 4.69) is 18.9 Å². The molecule has 20 heavy (non-hydrogen) atoms. The number of aliphatic hydroxyl groups is 1. The van der Waals surface area contributed by atoms with Crippen LogP contribution in [-0.4, -0.2) is 44.4 Å². The lowest BCUT2D eigenvalue weighted by atomic mass is 9.87. The maximum absolute atomic E-state index is 12.7. The molecular weight excluding hydrogens is 254 g/mol. The number of likely N-dealkylation sites (tertiary alicyclic amines) is 1. The molecule has 0 aromatic carbocycles. The SMILES string of the molecule is CCn1cc(C(=O)N2CCCC2(CO)CC(C)C)cn1. The summed E-state index contributed by atoms with van der Waals surface area (Å²) >= 11 is 0. The average molecular weight is 279 g/mol. The van der Waals surface area contributed by atoms with E-state index in [0.717, 1.165) is 32.4 Å². The number of rotatable bonds is 5. The van der Waals surface area contributed by atoms with Crippen molar-refractivity contribution in [3.8, 4) is 0 Å². The first-order valence-corrected chi connectivity index (χ1v) is 7.47. The van der Waals surface area contributed by atoms with Crippen molar-refractivity contribution < 1.29 is 9.90 Å². The second-order valence-corrected chi connectivity index (χ2v) is 6.13. The second kappa shape index (κ2) is 5.95. The molecule has 1 amide bonds. The van der Waals surface area contributed by atoms with E-state index in [0.29, 0.717) is 11.5 Å². The van der Waals surface area contributed by atoms with Crippen LogP contribution in [0.15, 0.2) is 12.4 Å². The number of carbonyl (C=O) groups excluding carboxylic acids is 1. The van der Waals surface area contributed by atoms with Crippen LogP contribution in [0.5, 0.6) is 0 Å². The first kappa shape index (κ1) is 15.0. The van der Waals surface area contributed by atoms with E-state index in [9.17, 15) is 9.90 Å². The van der Waals surface area contributed by atoms with E-state index >= 15 is 0 Å². The molecular formula is C15H25N3O2. The van der Waals surface area contributed by atoms with Crippen LogP contribution in [-0.2, 0) is 6.54 Å². The minimum absolute atomic E-state index is 0.00287. The van der Waals surface area contributed by atoms with Crippen molar-refractivity contribution in [1.29, 1.82) is 0 Å². The highest BCUT2D eigenvalue weighted by Crippen LogP contribution is 2.35. The van der Waals surface area contributed by atoms with E-state index < -0.39 is 0 Å². The molecule has 1 aromatic rings. The quantitative estimate of drug-likeness (QED) is 0.896. The third-order valence-electron chi connectivity index (χ3n) is 4.13. The molecule has 1 aromatic heterocycles. The number of aromatic nitrogens is 2. The summed E-state index contributed by atoms with van der Waals surface area (Å²) in [5.74, 6) is 0.450. The van der Waals surface area contributed by atoms with Crippen molar-refractivity contribution in [1.82, 2.24) is 14.7 Å². The zero-order valence-electron chi connectivity index (χ0n) is 12.7. The van der Waals surface area contributed by atoms with Gasteiger partial charge in [0, 0.05) is 19.3 Å². The smallest absolute Gasteiger partial charge is 0.257 e. The molecule has 112 valence electrons. The van der Waals surface area contributed by atoms with Crippen LogP contribution in [0.25, 0.3) is 0 Å². The maximum Gasteiger partial charge on any atom is 0.257 e. The van der Waals surface area contributed by atoms with Gasteiger partial charge in [0.05, 0.1) is 23.9 Å². The fourth-order valence-corrected chi connectivity index (χ4v) is 3.26. The van der Waals surface area contributed by atoms with Gasteiger partial charge in [-0.1, -0.05) is 13.8 Å². The van der Waals surface area contributed by atoms with Crippen molar-refractivity contribution in [2.45, 2.75) is 52.1 Å². The molecule has 0 aliphatic carbocycles. The van der Waals surface area contributed by atoms with Crippen molar-refractivity contribution >= 4 is 5.91 Å². The summed E-state index contributed by atoms with van der Waals surface area (Å²) in [5, 5.41) is 14.0. The van der Waals surface area contributed by atoms with Gasteiger partial charge in [0.15, 0.2) is 0 Å². The Hall–Kier alpha value is -1.36. The van der Waals surface area contributed by atoms with Gasteiger partial charge in [-0.2, -0.15) is 5.10 Å². The number of amides is 1. The fourth-order valence-electron chi connectivity index (χ4n) is 3.26. The van der Waals surface area contributed by atoms with E-state index in [1.54, 1.807) is 17.1 Å². The number of hydrogen-bond acceptors (Lipinski definition) is 3. The number of carbonyl (C=O) groups is 1. The molecule has 0 saturated carbocycles. The molecule has 2 rings (SSSR count).